The molecule has 0 spiro atoms. The van der Waals surface area contributed by atoms with Gasteiger partial charge in [0.05, 0.1) is 0 Å². The molecule has 0 aromatic heterocycles. The first-order valence-corrected chi connectivity index (χ1v) is 8.13. The molecule has 2 aliphatic rings. The Hall–Kier alpha value is -0.750. The molecule has 0 unspecified atom stereocenters. The smallest absolute Gasteiger partial charge is 0.220 e. The zero-order chi connectivity index (χ0) is 13.7. The minimum atomic E-state index is 0.0973. The number of carbonyl (C=O) groups excluding carboxylic acids is 2. The second-order valence-electron chi connectivity index (χ2n) is 5.30. The van der Waals surface area contributed by atoms with Crippen LogP contribution in [0.3, 0.4) is 0 Å². The van der Waals surface area contributed by atoms with E-state index in [4.69, 9.17) is 5.73 Å². The molecule has 2 saturated heterocycles. The summed E-state index contributed by atoms with van der Waals surface area (Å²) in [5, 5.41) is 6.42. The van der Waals surface area contributed by atoms with Gasteiger partial charge >= 0.3 is 0 Å². The van der Waals surface area contributed by atoms with Gasteiger partial charge in [-0.25, -0.2) is 0 Å². The zero-order valence-electron chi connectivity index (χ0n) is 11.2. The quantitative estimate of drug-likeness (QED) is 0.585. The van der Waals surface area contributed by atoms with Crippen molar-refractivity contribution in [3.63, 3.8) is 0 Å². The van der Waals surface area contributed by atoms with Crippen molar-refractivity contribution in [1.29, 1.82) is 0 Å². The first-order valence-electron chi connectivity index (χ1n) is 7.08. The van der Waals surface area contributed by atoms with Gasteiger partial charge in [-0.15, -0.1) is 0 Å². The summed E-state index contributed by atoms with van der Waals surface area (Å²) in [5.41, 5.74) is 5.32. The number of fused-ring (bicyclic) bond motifs is 1. The summed E-state index contributed by atoms with van der Waals surface area (Å²) in [6.07, 6.45) is 4.38. The first-order chi connectivity index (χ1) is 9.20. The summed E-state index contributed by atoms with van der Waals surface area (Å²) in [4.78, 5) is 22.7. The standard InChI is InChI=1S/C13H23N3O2S/c14-5-6-15-12(17)4-2-1-3-11-9-7-13(18)16-10(9)8-19-11/h9-11H,1-8,14H2,(H,15,17)(H,16,18)/t9-,10-,11-/m0/s1. The summed E-state index contributed by atoms with van der Waals surface area (Å²) in [6.45, 7) is 1.06. The fourth-order valence-corrected chi connectivity index (χ4v) is 4.52. The third-order valence-electron chi connectivity index (χ3n) is 3.86. The third-order valence-corrected chi connectivity index (χ3v) is 5.43. The van der Waals surface area contributed by atoms with Gasteiger partial charge < -0.3 is 16.4 Å². The van der Waals surface area contributed by atoms with Gasteiger partial charge in [0, 0.05) is 48.9 Å². The first kappa shape index (κ1) is 14.7. The average Bonchev–Trinajstić information content (AvgIpc) is 2.92. The van der Waals surface area contributed by atoms with Gasteiger partial charge in [0.1, 0.15) is 0 Å². The Balaban J connectivity index is 1.59. The van der Waals surface area contributed by atoms with Crippen LogP contribution in [-0.2, 0) is 9.59 Å². The average molecular weight is 285 g/mol. The maximum atomic E-state index is 11.4. The number of nitrogens with one attached hydrogen (secondary N) is 2. The van der Waals surface area contributed by atoms with E-state index in [1.165, 1.54) is 0 Å². The van der Waals surface area contributed by atoms with Crippen LogP contribution in [0.15, 0.2) is 0 Å². The van der Waals surface area contributed by atoms with Gasteiger partial charge in [0.2, 0.25) is 11.8 Å². The van der Waals surface area contributed by atoms with Crippen molar-refractivity contribution in [2.24, 2.45) is 11.7 Å². The maximum Gasteiger partial charge on any atom is 0.220 e. The Bertz CT molecular complexity index is 338. The van der Waals surface area contributed by atoms with E-state index in [2.05, 4.69) is 10.6 Å². The maximum absolute atomic E-state index is 11.4. The van der Waals surface area contributed by atoms with E-state index in [1.54, 1.807) is 0 Å². The zero-order valence-corrected chi connectivity index (χ0v) is 12.0. The molecule has 0 aromatic rings. The van der Waals surface area contributed by atoms with E-state index in [0.29, 0.717) is 43.1 Å². The Morgan fingerprint density at radius 3 is 3.11 bits per heavy atom. The highest BCUT2D eigenvalue weighted by Gasteiger charge is 2.42. The molecular formula is C13H23N3O2S. The lowest BCUT2D eigenvalue weighted by Crippen LogP contribution is -2.29. The van der Waals surface area contributed by atoms with Crippen molar-refractivity contribution in [1.82, 2.24) is 10.6 Å². The van der Waals surface area contributed by atoms with E-state index >= 15 is 0 Å². The fraction of sp³-hybridized carbons (Fsp3) is 0.846. The van der Waals surface area contributed by atoms with E-state index in [1.807, 2.05) is 11.8 Å². The summed E-state index contributed by atoms with van der Waals surface area (Å²) in [5.74, 6) is 1.88. The molecule has 0 bridgehead atoms. The molecule has 2 heterocycles. The van der Waals surface area contributed by atoms with Gasteiger partial charge in [0.25, 0.3) is 0 Å². The van der Waals surface area contributed by atoms with Crippen LogP contribution in [0.5, 0.6) is 0 Å². The van der Waals surface area contributed by atoms with Crippen LogP contribution in [-0.4, -0.2) is 41.9 Å². The Kier molecular flexibility index (Phi) is 5.51. The highest BCUT2D eigenvalue weighted by Crippen LogP contribution is 2.40. The second kappa shape index (κ2) is 7.14. The number of unbranched alkanes of at least 4 members (excludes halogenated alkanes) is 1. The number of carbonyl (C=O) groups is 2. The summed E-state index contributed by atoms with van der Waals surface area (Å²) >= 11 is 1.98. The SMILES string of the molecule is NCCNC(=O)CCCC[C@@H]1SC[C@@H]2NC(=O)C[C@@H]21. The summed E-state index contributed by atoms with van der Waals surface area (Å²) in [6, 6.07) is 0.398. The van der Waals surface area contributed by atoms with Crippen LogP contribution in [0.2, 0.25) is 0 Å². The molecule has 5 nitrogen and oxygen atoms in total. The minimum absolute atomic E-state index is 0.0973. The lowest BCUT2D eigenvalue weighted by molar-refractivity contribution is -0.121. The van der Waals surface area contributed by atoms with Gasteiger partial charge in [-0.1, -0.05) is 6.42 Å². The van der Waals surface area contributed by atoms with Crippen LogP contribution in [0, 0.1) is 5.92 Å². The molecule has 0 saturated carbocycles. The van der Waals surface area contributed by atoms with Crippen molar-refractivity contribution >= 4 is 23.6 Å². The van der Waals surface area contributed by atoms with Gasteiger partial charge in [0.15, 0.2) is 0 Å². The number of hydrogen-bond donors (Lipinski definition) is 3. The van der Waals surface area contributed by atoms with E-state index in [0.717, 1.165) is 25.0 Å². The van der Waals surface area contributed by atoms with Crippen LogP contribution >= 0.6 is 11.8 Å². The summed E-state index contributed by atoms with van der Waals surface area (Å²) in [7, 11) is 0. The monoisotopic (exact) mass is 285 g/mol. The topological polar surface area (TPSA) is 84.2 Å². The number of rotatable bonds is 7. The lowest BCUT2D eigenvalue weighted by atomic mass is 9.94. The molecule has 4 N–H and O–H groups in total. The number of thioether (sulfide) groups is 1. The molecule has 2 rings (SSSR count). The largest absolute Gasteiger partial charge is 0.355 e. The highest BCUT2D eigenvalue weighted by molar-refractivity contribution is 8.00. The van der Waals surface area contributed by atoms with Crippen molar-refractivity contribution < 1.29 is 9.59 Å². The third kappa shape index (κ3) is 4.11. The molecule has 0 radical (unpaired) electrons. The molecule has 2 aliphatic heterocycles. The Morgan fingerprint density at radius 2 is 2.32 bits per heavy atom. The molecule has 3 atom stereocenters. The van der Waals surface area contributed by atoms with E-state index < -0.39 is 0 Å². The molecule has 0 aromatic carbocycles. The number of nitrogens with two attached hydrogens (primary N) is 1. The number of amides is 2. The van der Waals surface area contributed by atoms with Gasteiger partial charge in [-0.05, 0) is 12.8 Å². The molecule has 2 amide bonds. The van der Waals surface area contributed by atoms with E-state index in [9.17, 15) is 9.59 Å². The molecule has 0 aliphatic carbocycles. The predicted molar refractivity (Wildman–Crippen MR) is 76.8 cm³/mol. The molecule has 19 heavy (non-hydrogen) atoms. The molecular weight excluding hydrogens is 262 g/mol. The van der Waals surface area contributed by atoms with Crippen LogP contribution in [0.25, 0.3) is 0 Å². The minimum Gasteiger partial charge on any atom is -0.355 e. The molecule has 6 heteroatoms. The lowest BCUT2D eigenvalue weighted by Gasteiger charge is -2.15. The Morgan fingerprint density at radius 1 is 1.47 bits per heavy atom. The highest BCUT2D eigenvalue weighted by atomic mass is 32.2. The van der Waals surface area contributed by atoms with Crippen LogP contribution < -0.4 is 16.4 Å². The second-order valence-corrected chi connectivity index (χ2v) is 6.57. The molecule has 108 valence electrons. The van der Waals surface area contributed by atoms with Gasteiger partial charge in [-0.2, -0.15) is 11.8 Å². The number of hydrogen-bond acceptors (Lipinski definition) is 4. The van der Waals surface area contributed by atoms with Gasteiger partial charge in [-0.3, -0.25) is 9.59 Å². The van der Waals surface area contributed by atoms with Crippen LogP contribution in [0.1, 0.15) is 32.1 Å². The van der Waals surface area contributed by atoms with Crippen LogP contribution in [0.4, 0.5) is 0 Å². The van der Waals surface area contributed by atoms with E-state index in [-0.39, 0.29) is 11.8 Å². The van der Waals surface area contributed by atoms with Crippen molar-refractivity contribution in [2.75, 3.05) is 18.8 Å². The van der Waals surface area contributed by atoms with Crippen molar-refractivity contribution in [2.45, 2.75) is 43.4 Å². The summed E-state index contributed by atoms with van der Waals surface area (Å²) < 4.78 is 0. The Labute approximate surface area is 118 Å². The van der Waals surface area contributed by atoms with Crippen molar-refractivity contribution in [3.05, 3.63) is 0 Å². The predicted octanol–water partition coefficient (Wildman–Crippen LogP) is 0.242. The van der Waals surface area contributed by atoms with Crippen molar-refractivity contribution in [3.8, 4) is 0 Å². The molecule has 2 fully saturated rings. The fourth-order valence-electron chi connectivity index (χ4n) is 2.86. The normalized spacial score (nSPS) is 29.1.